The lowest BCUT2D eigenvalue weighted by Crippen LogP contribution is -2.29. The second-order valence-electron chi connectivity index (χ2n) is 5.86. The third-order valence-corrected chi connectivity index (χ3v) is 5.04. The molecule has 1 atom stereocenters. The Hall–Kier alpha value is -0.810. The van der Waals surface area contributed by atoms with Crippen LogP contribution in [0.5, 0.6) is 0 Å². The van der Waals surface area contributed by atoms with Crippen LogP contribution in [0.2, 0.25) is 5.02 Å². The van der Waals surface area contributed by atoms with Gasteiger partial charge in [0.2, 0.25) is 0 Å². The monoisotopic (exact) mass is 382 g/mol. The van der Waals surface area contributed by atoms with Crippen LogP contribution >= 0.6 is 27.5 Å². The molecule has 0 bridgehead atoms. The highest BCUT2D eigenvalue weighted by molar-refractivity contribution is 9.10. The minimum Gasteiger partial charge on any atom is -0.459 e. The Balaban J connectivity index is 1.72. The summed E-state index contributed by atoms with van der Waals surface area (Å²) in [6.45, 7) is 2.19. The molecule has 0 spiro atoms. The molecule has 1 fully saturated rings. The normalized spacial score (nSPS) is 17.6. The summed E-state index contributed by atoms with van der Waals surface area (Å²) in [5.74, 6) is 2.29. The van der Waals surface area contributed by atoms with Gasteiger partial charge < -0.3 is 15.5 Å². The van der Waals surface area contributed by atoms with Gasteiger partial charge in [0.05, 0.1) is 11.1 Å². The molecule has 22 heavy (non-hydrogen) atoms. The number of rotatable bonds is 4. The van der Waals surface area contributed by atoms with Crippen LogP contribution in [0.1, 0.15) is 31.1 Å². The molecule has 0 amide bonds. The van der Waals surface area contributed by atoms with Gasteiger partial charge in [0.15, 0.2) is 0 Å². The van der Waals surface area contributed by atoms with Gasteiger partial charge in [-0.1, -0.05) is 27.5 Å². The summed E-state index contributed by atoms with van der Waals surface area (Å²) in [6.07, 6.45) is 3.36. The molecule has 5 heteroatoms. The van der Waals surface area contributed by atoms with E-state index < -0.39 is 0 Å². The second kappa shape index (κ2) is 7.18. The fourth-order valence-corrected chi connectivity index (χ4v) is 3.75. The van der Waals surface area contributed by atoms with E-state index in [2.05, 4.69) is 21.2 Å². The molecule has 3 nitrogen and oxygen atoms in total. The van der Waals surface area contributed by atoms with Gasteiger partial charge in [-0.05, 0) is 68.6 Å². The minimum absolute atomic E-state index is 0.0499. The fraction of sp³-hybridized carbons (Fsp3) is 0.412. The summed E-state index contributed by atoms with van der Waals surface area (Å²) < 4.78 is 6.91. The Bertz CT molecular complexity index is 637. The standard InChI is InChI=1S/C17H20BrClN2O/c18-12-1-2-13(14(19)10-12)16-3-4-17(22-16)15(20)9-11-5-7-21-8-6-11/h1-4,10-11,15,21H,5-9,20H2. The lowest BCUT2D eigenvalue weighted by atomic mass is 9.90. The summed E-state index contributed by atoms with van der Waals surface area (Å²) in [5, 5.41) is 4.05. The number of nitrogens with two attached hydrogens (primary N) is 1. The second-order valence-corrected chi connectivity index (χ2v) is 7.18. The molecule has 3 rings (SSSR count). The van der Waals surface area contributed by atoms with Gasteiger partial charge in [-0.2, -0.15) is 0 Å². The molecule has 1 unspecified atom stereocenters. The van der Waals surface area contributed by atoms with Crippen LogP contribution in [0.3, 0.4) is 0 Å². The number of benzene rings is 1. The molecule has 1 aromatic heterocycles. The van der Waals surface area contributed by atoms with Gasteiger partial charge in [-0.25, -0.2) is 0 Å². The van der Waals surface area contributed by atoms with Gasteiger partial charge in [-0.15, -0.1) is 0 Å². The van der Waals surface area contributed by atoms with Gasteiger partial charge >= 0.3 is 0 Å². The smallest absolute Gasteiger partial charge is 0.135 e. The maximum Gasteiger partial charge on any atom is 0.135 e. The topological polar surface area (TPSA) is 51.2 Å². The number of piperidine rings is 1. The zero-order valence-corrected chi connectivity index (χ0v) is 14.7. The van der Waals surface area contributed by atoms with E-state index in [9.17, 15) is 0 Å². The van der Waals surface area contributed by atoms with Crippen molar-refractivity contribution >= 4 is 27.5 Å². The number of nitrogens with one attached hydrogen (secondary N) is 1. The SMILES string of the molecule is NC(CC1CCNCC1)c1ccc(-c2ccc(Br)cc2Cl)o1. The van der Waals surface area contributed by atoms with Crippen LogP contribution in [0.4, 0.5) is 0 Å². The largest absolute Gasteiger partial charge is 0.459 e. The molecule has 1 aromatic carbocycles. The Morgan fingerprint density at radius 3 is 2.77 bits per heavy atom. The summed E-state index contributed by atoms with van der Waals surface area (Å²) in [7, 11) is 0. The fourth-order valence-electron chi connectivity index (χ4n) is 2.98. The van der Waals surface area contributed by atoms with E-state index in [-0.39, 0.29) is 6.04 Å². The average Bonchev–Trinajstić information content (AvgIpc) is 2.98. The van der Waals surface area contributed by atoms with E-state index >= 15 is 0 Å². The highest BCUT2D eigenvalue weighted by Crippen LogP contribution is 2.34. The molecule has 1 aliphatic rings. The molecule has 0 saturated carbocycles. The van der Waals surface area contributed by atoms with E-state index in [0.29, 0.717) is 10.9 Å². The molecule has 1 saturated heterocycles. The van der Waals surface area contributed by atoms with Crippen molar-refractivity contribution in [3.05, 3.63) is 45.6 Å². The molecule has 1 aliphatic heterocycles. The van der Waals surface area contributed by atoms with Crippen LogP contribution in [0, 0.1) is 5.92 Å². The number of hydrogen-bond acceptors (Lipinski definition) is 3. The maximum absolute atomic E-state index is 6.32. The van der Waals surface area contributed by atoms with Crippen molar-refractivity contribution in [3.63, 3.8) is 0 Å². The first kappa shape index (κ1) is 16.1. The number of furan rings is 1. The summed E-state index contributed by atoms with van der Waals surface area (Å²) in [4.78, 5) is 0. The summed E-state index contributed by atoms with van der Waals surface area (Å²) >= 11 is 9.69. The van der Waals surface area contributed by atoms with Crippen molar-refractivity contribution in [2.24, 2.45) is 11.7 Å². The Labute approximate surface area is 144 Å². The minimum atomic E-state index is -0.0499. The first-order valence-corrected chi connectivity index (χ1v) is 8.82. The highest BCUT2D eigenvalue weighted by Gasteiger charge is 2.20. The predicted octanol–water partition coefficient (Wildman–Crippen LogP) is 4.75. The van der Waals surface area contributed by atoms with Crippen molar-refractivity contribution in [1.29, 1.82) is 0 Å². The zero-order valence-electron chi connectivity index (χ0n) is 12.3. The van der Waals surface area contributed by atoms with Crippen molar-refractivity contribution in [2.75, 3.05) is 13.1 Å². The van der Waals surface area contributed by atoms with Crippen LogP contribution < -0.4 is 11.1 Å². The Kier molecular flexibility index (Phi) is 5.24. The van der Waals surface area contributed by atoms with E-state index in [1.165, 1.54) is 12.8 Å². The van der Waals surface area contributed by atoms with Gasteiger partial charge in [0.25, 0.3) is 0 Å². The number of halogens is 2. The van der Waals surface area contributed by atoms with E-state index in [4.69, 9.17) is 21.8 Å². The number of hydrogen-bond donors (Lipinski definition) is 2. The third-order valence-electron chi connectivity index (χ3n) is 4.23. The van der Waals surface area contributed by atoms with Crippen LogP contribution in [0.25, 0.3) is 11.3 Å². The highest BCUT2D eigenvalue weighted by atomic mass is 79.9. The van der Waals surface area contributed by atoms with E-state index in [1.807, 2.05) is 30.3 Å². The van der Waals surface area contributed by atoms with Crippen molar-refractivity contribution in [1.82, 2.24) is 5.32 Å². The molecular weight excluding hydrogens is 364 g/mol. The summed E-state index contributed by atoms with van der Waals surface area (Å²) in [6, 6.07) is 9.65. The third kappa shape index (κ3) is 3.74. The van der Waals surface area contributed by atoms with E-state index in [0.717, 1.165) is 41.1 Å². The molecule has 3 N–H and O–H groups in total. The van der Waals surface area contributed by atoms with Gasteiger partial charge in [0, 0.05) is 10.0 Å². The first-order valence-electron chi connectivity index (χ1n) is 7.65. The van der Waals surface area contributed by atoms with Crippen molar-refractivity contribution in [2.45, 2.75) is 25.3 Å². The van der Waals surface area contributed by atoms with Crippen LogP contribution in [-0.2, 0) is 0 Å². The van der Waals surface area contributed by atoms with Gasteiger partial charge in [0.1, 0.15) is 11.5 Å². The Morgan fingerprint density at radius 2 is 2.05 bits per heavy atom. The van der Waals surface area contributed by atoms with Gasteiger partial charge in [-0.3, -0.25) is 0 Å². The quantitative estimate of drug-likeness (QED) is 0.801. The van der Waals surface area contributed by atoms with Crippen LogP contribution in [0.15, 0.2) is 39.2 Å². The lowest BCUT2D eigenvalue weighted by molar-refractivity contribution is 0.316. The van der Waals surface area contributed by atoms with Crippen molar-refractivity contribution in [3.8, 4) is 11.3 Å². The molecule has 2 heterocycles. The molecule has 0 radical (unpaired) electrons. The Morgan fingerprint density at radius 1 is 1.27 bits per heavy atom. The van der Waals surface area contributed by atoms with Crippen LogP contribution in [-0.4, -0.2) is 13.1 Å². The van der Waals surface area contributed by atoms with E-state index in [1.54, 1.807) is 0 Å². The summed E-state index contributed by atoms with van der Waals surface area (Å²) in [5.41, 5.74) is 7.22. The van der Waals surface area contributed by atoms with Crippen molar-refractivity contribution < 1.29 is 4.42 Å². The molecule has 2 aromatic rings. The first-order chi connectivity index (χ1) is 10.6. The molecule has 0 aliphatic carbocycles. The average molecular weight is 384 g/mol. The maximum atomic E-state index is 6.32. The lowest BCUT2D eigenvalue weighted by Gasteiger charge is -2.24. The molecule has 118 valence electrons. The molecular formula is C17H20BrClN2O. The predicted molar refractivity (Wildman–Crippen MR) is 94.0 cm³/mol. The zero-order chi connectivity index (χ0) is 15.5.